The van der Waals surface area contributed by atoms with Gasteiger partial charge in [0.1, 0.15) is 12.1 Å². The predicted octanol–water partition coefficient (Wildman–Crippen LogP) is 4.19. The van der Waals surface area contributed by atoms with Crippen molar-refractivity contribution in [3.63, 3.8) is 0 Å². The lowest BCUT2D eigenvalue weighted by Crippen LogP contribution is -2.16. The van der Waals surface area contributed by atoms with Crippen LogP contribution in [0.25, 0.3) is 22.2 Å². The van der Waals surface area contributed by atoms with Gasteiger partial charge >= 0.3 is 12.1 Å². The minimum atomic E-state index is -4.74. The highest BCUT2D eigenvalue weighted by molar-refractivity contribution is 5.80. The summed E-state index contributed by atoms with van der Waals surface area (Å²) in [6.45, 7) is 0.376. The second kappa shape index (κ2) is 7.42. The Balaban J connectivity index is 1.62. The van der Waals surface area contributed by atoms with Crippen molar-refractivity contribution in [1.82, 2.24) is 14.5 Å². The van der Waals surface area contributed by atoms with E-state index in [1.165, 1.54) is 35.2 Å². The van der Waals surface area contributed by atoms with Crippen molar-refractivity contribution in [3.05, 3.63) is 77.3 Å². The van der Waals surface area contributed by atoms with Crippen molar-refractivity contribution in [2.24, 2.45) is 0 Å². The van der Waals surface area contributed by atoms with Gasteiger partial charge in [0.15, 0.2) is 5.58 Å². The van der Waals surface area contributed by atoms with Crippen molar-refractivity contribution in [2.75, 3.05) is 0 Å². The molecule has 29 heavy (non-hydrogen) atoms. The number of benzene rings is 2. The van der Waals surface area contributed by atoms with Gasteiger partial charge in [-0.1, -0.05) is 18.2 Å². The molecule has 148 valence electrons. The number of fused-ring (bicyclic) bond motifs is 1. The van der Waals surface area contributed by atoms with E-state index in [0.717, 1.165) is 11.1 Å². The van der Waals surface area contributed by atoms with Crippen molar-refractivity contribution >= 4 is 11.1 Å². The Hall–Kier alpha value is -3.62. The van der Waals surface area contributed by atoms with E-state index in [0.29, 0.717) is 29.6 Å². The molecule has 0 spiro atoms. The summed E-state index contributed by atoms with van der Waals surface area (Å²) in [6, 6.07) is 10.7. The smallest absolute Gasteiger partial charge is 0.408 e. The number of nitrogens with zero attached hydrogens (tertiary/aromatic N) is 3. The first kappa shape index (κ1) is 18.7. The summed E-state index contributed by atoms with van der Waals surface area (Å²) in [7, 11) is 0. The van der Waals surface area contributed by atoms with Gasteiger partial charge in [-0.05, 0) is 47.4 Å². The first-order valence-corrected chi connectivity index (χ1v) is 8.62. The van der Waals surface area contributed by atoms with Crippen LogP contribution in [-0.4, -0.2) is 20.9 Å². The van der Waals surface area contributed by atoms with Gasteiger partial charge in [-0.25, -0.2) is 14.8 Å². The Bertz CT molecular complexity index is 1180. The monoisotopic (exact) mass is 401 g/mol. The van der Waals surface area contributed by atoms with E-state index in [-0.39, 0.29) is 5.75 Å². The summed E-state index contributed by atoms with van der Waals surface area (Å²) < 4.78 is 47.6. The maximum atomic E-state index is 12.3. The number of ether oxygens (including phenoxy) is 1. The highest BCUT2D eigenvalue weighted by atomic mass is 19.4. The molecule has 4 rings (SSSR count). The quantitative estimate of drug-likeness (QED) is 0.502. The molecule has 0 aliphatic heterocycles. The first-order chi connectivity index (χ1) is 13.9. The van der Waals surface area contributed by atoms with Gasteiger partial charge in [0.05, 0.1) is 5.52 Å². The number of aromatic nitrogens is 3. The van der Waals surface area contributed by atoms with Crippen LogP contribution in [0.2, 0.25) is 0 Å². The van der Waals surface area contributed by atoms with Crippen molar-refractivity contribution in [1.29, 1.82) is 0 Å². The summed E-state index contributed by atoms with van der Waals surface area (Å²) in [5.41, 5.74) is 3.32. The number of hydrogen-bond donors (Lipinski definition) is 0. The number of aryl methyl sites for hydroxylation is 2. The van der Waals surface area contributed by atoms with Gasteiger partial charge in [-0.3, -0.25) is 4.57 Å². The van der Waals surface area contributed by atoms with E-state index in [4.69, 9.17) is 4.42 Å². The number of rotatable bonds is 5. The van der Waals surface area contributed by atoms with E-state index in [1.54, 1.807) is 30.6 Å². The lowest BCUT2D eigenvalue weighted by atomic mass is 10.1. The average molecular weight is 401 g/mol. The molecule has 0 aliphatic carbocycles. The molecule has 9 heteroatoms. The van der Waals surface area contributed by atoms with Crippen molar-refractivity contribution in [3.8, 4) is 16.9 Å². The summed E-state index contributed by atoms with van der Waals surface area (Å²) >= 11 is 0. The van der Waals surface area contributed by atoms with Crippen LogP contribution in [0.5, 0.6) is 5.75 Å². The SMILES string of the molecule is O=c1oc2ccc(-c3ccc(OC(F)(F)F)cc3)cc2n1CCc1cncnc1. The molecule has 2 aromatic heterocycles. The van der Waals surface area contributed by atoms with Gasteiger partial charge in [0, 0.05) is 18.9 Å². The van der Waals surface area contributed by atoms with Crippen LogP contribution in [0, 0.1) is 0 Å². The maximum Gasteiger partial charge on any atom is 0.573 e. The van der Waals surface area contributed by atoms with E-state index >= 15 is 0 Å². The van der Waals surface area contributed by atoms with Crippen LogP contribution >= 0.6 is 0 Å². The fraction of sp³-hybridized carbons (Fsp3) is 0.150. The van der Waals surface area contributed by atoms with Gasteiger partial charge in [-0.2, -0.15) is 0 Å². The maximum absolute atomic E-state index is 12.3. The van der Waals surface area contributed by atoms with Crippen LogP contribution in [0.15, 0.2) is 70.4 Å². The molecule has 0 aliphatic rings. The lowest BCUT2D eigenvalue weighted by Gasteiger charge is -2.09. The topological polar surface area (TPSA) is 70.2 Å². The fourth-order valence-electron chi connectivity index (χ4n) is 3.00. The van der Waals surface area contributed by atoms with Crippen LogP contribution in [0.4, 0.5) is 13.2 Å². The van der Waals surface area contributed by atoms with Gasteiger partial charge < -0.3 is 9.15 Å². The molecule has 4 aromatic rings. The molecule has 0 radical (unpaired) electrons. The fourth-order valence-corrected chi connectivity index (χ4v) is 3.00. The third kappa shape index (κ3) is 4.29. The predicted molar refractivity (Wildman–Crippen MR) is 98.3 cm³/mol. The molecule has 0 N–H and O–H groups in total. The summed E-state index contributed by atoms with van der Waals surface area (Å²) in [4.78, 5) is 20.1. The summed E-state index contributed by atoms with van der Waals surface area (Å²) in [5, 5.41) is 0. The van der Waals surface area contributed by atoms with E-state index in [9.17, 15) is 18.0 Å². The number of halogens is 3. The third-order valence-electron chi connectivity index (χ3n) is 4.33. The van der Waals surface area contributed by atoms with Gasteiger partial charge in [-0.15, -0.1) is 13.2 Å². The average Bonchev–Trinajstić information content (AvgIpc) is 3.01. The second-order valence-corrected chi connectivity index (χ2v) is 6.27. The zero-order chi connectivity index (χ0) is 20.4. The molecule has 0 saturated heterocycles. The molecule has 0 saturated carbocycles. The lowest BCUT2D eigenvalue weighted by molar-refractivity contribution is -0.274. The zero-order valence-corrected chi connectivity index (χ0v) is 14.9. The van der Waals surface area contributed by atoms with Crippen LogP contribution in [0.1, 0.15) is 5.56 Å². The molecular formula is C20H14F3N3O3. The molecule has 0 atom stereocenters. The molecule has 0 bridgehead atoms. The highest BCUT2D eigenvalue weighted by Gasteiger charge is 2.30. The molecule has 0 amide bonds. The largest absolute Gasteiger partial charge is 0.573 e. The molecule has 6 nitrogen and oxygen atoms in total. The zero-order valence-electron chi connectivity index (χ0n) is 14.9. The van der Waals surface area contributed by atoms with Gasteiger partial charge in [0.2, 0.25) is 0 Å². The standard InChI is InChI=1S/C20H14F3N3O3/c21-20(22,23)29-16-4-1-14(2-5-16)15-3-6-18-17(9-15)26(19(27)28-18)8-7-13-10-24-12-25-11-13/h1-6,9-12H,7-8H2. The Morgan fingerprint density at radius 2 is 1.69 bits per heavy atom. The molecule has 0 fully saturated rings. The Morgan fingerprint density at radius 3 is 2.38 bits per heavy atom. The minimum absolute atomic E-state index is 0.298. The Labute approximate surface area is 162 Å². The van der Waals surface area contributed by atoms with Crippen molar-refractivity contribution in [2.45, 2.75) is 19.3 Å². The van der Waals surface area contributed by atoms with Crippen LogP contribution in [-0.2, 0) is 13.0 Å². The third-order valence-corrected chi connectivity index (χ3v) is 4.33. The molecular weight excluding hydrogens is 387 g/mol. The second-order valence-electron chi connectivity index (χ2n) is 6.27. The number of hydrogen-bond acceptors (Lipinski definition) is 5. The number of oxazole rings is 1. The normalized spacial score (nSPS) is 11.7. The first-order valence-electron chi connectivity index (χ1n) is 8.62. The van der Waals surface area contributed by atoms with Crippen LogP contribution < -0.4 is 10.5 Å². The summed E-state index contributed by atoms with van der Waals surface area (Å²) in [5.74, 6) is -0.782. The van der Waals surface area contributed by atoms with Crippen LogP contribution in [0.3, 0.4) is 0 Å². The molecule has 2 heterocycles. The van der Waals surface area contributed by atoms with E-state index < -0.39 is 12.1 Å². The van der Waals surface area contributed by atoms with Crippen molar-refractivity contribution < 1.29 is 22.3 Å². The molecule has 2 aromatic carbocycles. The molecule has 0 unspecified atom stereocenters. The summed E-state index contributed by atoms with van der Waals surface area (Å²) in [6.07, 6.45) is 0.590. The van der Waals surface area contributed by atoms with E-state index in [1.807, 2.05) is 0 Å². The Morgan fingerprint density at radius 1 is 1.00 bits per heavy atom. The Kier molecular flexibility index (Phi) is 4.79. The van der Waals surface area contributed by atoms with Gasteiger partial charge in [0.25, 0.3) is 0 Å². The minimum Gasteiger partial charge on any atom is -0.408 e. The highest BCUT2D eigenvalue weighted by Crippen LogP contribution is 2.28. The van der Waals surface area contributed by atoms with E-state index in [2.05, 4.69) is 14.7 Å². The number of alkyl halides is 3.